The van der Waals surface area contributed by atoms with Gasteiger partial charge in [0.25, 0.3) is 5.91 Å². The lowest BCUT2D eigenvalue weighted by Gasteiger charge is -2.16. The van der Waals surface area contributed by atoms with E-state index < -0.39 is 0 Å². The third-order valence-electron chi connectivity index (χ3n) is 3.57. The van der Waals surface area contributed by atoms with Gasteiger partial charge in [0.2, 0.25) is 0 Å². The molecule has 2 heterocycles. The Kier molecular flexibility index (Phi) is 4.51. The van der Waals surface area contributed by atoms with Gasteiger partial charge in [0.1, 0.15) is 0 Å². The quantitative estimate of drug-likeness (QED) is 0.847. The fourth-order valence-corrected chi connectivity index (χ4v) is 2.72. The smallest absolute Gasteiger partial charge is 0.257 e. The maximum Gasteiger partial charge on any atom is 0.257 e. The second-order valence-corrected chi connectivity index (χ2v) is 5.96. The molecule has 114 valence electrons. The molecule has 7 heteroatoms. The summed E-state index contributed by atoms with van der Waals surface area (Å²) < 4.78 is 4.50. The summed E-state index contributed by atoms with van der Waals surface area (Å²) in [5, 5.41) is 8.75. The standard InChI is InChI=1S/C14H20BrN5O/c1-6-20-7-11(15)12(17-20)8-18(4)14(21)13-9(2)16-19(5)10(13)3/h7H,6,8H2,1-5H3. The number of hydrogen-bond acceptors (Lipinski definition) is 3. The van der Waals surface area contributed by atoms with Crippen molar-refractivity contribution in [3.8, 4) is 0 Å². The van der Waals surface area contributed by atoms with Crippen molar-refractivity contribution in [1.29, 1.82) is 0 Å². The lowest BCUT2D eigenvalue weighted by molar-refractivity contribution is 0.0781. The summed E-state index contributed by atoms with van der Waals surface area (Å²) in [4.78, 5) is 14.3. The number of carbonyl (C=O) groups excluding carboxylic acids is 1. The zero-order chi connectivity index (χ0) is 15.7. The lowest BCUT2D eigenvalue weighted by atomic mass is 10.1. The van der Waals surface area contributed by atoms with Crippen LogP contribution in [0.15, 0.2) is 10.7 Å². The monoisotopic (exact) mass is 353 g/mol. The highest BCUT2D eigenvalue weighted by Crippen LogP contribution is 2.19. The molecule has 0 fully saturated rings. The SMILES string of the molecule is CCn1cc(Br)c(CN(C)C(=O)c2c(C)nn(C)c2C)n1. The zero-order valence-corrected chi connectivity index (χ0v) is 14.6. The number of amides is 1. The number of halogens is 1. The summed E-state index contributed by atoms with van der Waals surface area (Å²) in [6.07, 6.45) is 1.92. The van der Waals surface area contributed by atoms with E-state index in [9.17, 15) is 4.79 Å². The van der Waals surface area contributed by atoms with E-state index >= 15 is 0 Å². The van der Waals surface area contributed by atoms with Crippen LogP contribution in [0.4, 0.5) is 0 Å². The van der Waals surface area contributed by atoms with Crippen molar-refractivity contribution < 1.29 is 4.79 Å². The molecular formula is C14H20BrN5O. The van der Waals surface area contributed by atoms with Crippen molar-refractivity contribution in [2.75, 3.05) is 7.05 Å². The summed E-state index contributed by atoms with van der Waals surface area (Å²) >= 11 is 3.49. The van der Waals surface area contributed by atoms with E-state index in [4.69, 9.17) is 0 Å². The topological polar surface area (TPSA) is 56.0 Å². The van der Waals surface area contributed by atoms with Crippen LogP contribution in [0.1, 0.15) is 34.4 Å². The number of hydrogen-bond donors (Lipinski definition) is 0. The Morgan fingerprint density at radius 3 is 2.52 bits per heavy atom. The highest BCUT2D eigenvalue weighted by Gasteiger charge is 2.22. The molecule has 0 spiro atoms. The molecule has 0 bridgehead atoms. The average Bonchev–Trinajstić information content (AvgIpc) is 2.90. The van der Waals surface area contributed by atoms with Gasteiger partial charge in [-0.1, -0.05) is 0 Å². The molecule has 2 rings (SSSR count). The summed E-state index contributed by atoms with van der Waals surface area (Å²) in [6, 6.07) is 0. The van der Waals surface area contributed by atoms with Crippen LogP contribution in [0.3, 0.4) is 0 Å². The van der Waals surface area contributed by atoms with E-state index in [2.05, 4.69) is 26.1 Å². The van der Waals surface area contributed by atoms with Crippen molar-refractivity contribution in [3.63, 3.8) is 0 Å². The zero-order valence-electron chi connectivity index (χ0n) is 13.0. The van der Waals surface area contributed by atoms with E-state index in [-0.39, 0.29) is 5.91 Å². The molecule has 0 atom stereocenters. The summed E-state index contributed by atoms with van der Waals surface area (Å²) in [5.41, 5.74) is 3.16. The van der Waals surface area contributed by atoms with E-state index in [1.807, 2.05) is 38.7 Å². The highest BCUT2D eigenvalue weighted by molar-refractivity contribution is 9.10. The summed E-state index contributed by atoms with van der Waals surface area (Å²) in [7, 11) is 3.63. The van der Waals surface area contributed by atoms with Gasteiger partial charge in [-0.3, -0.25) is 14.2 Å². The van der Waals surface area contributed by atoms with Gasteiger partial charge >= 0.3 is 0 Å². The van der Waals surface area contributed by atoms with Crippen molar-refractivity contribution >= 4 is 21.8 Å². The van der Waals surface area contributed by atoms with Crippen LogP contribution in [0.5, 0.6) is 0 Å². The number of rotatable bonds is 4. The predicted molar refractivity (Wildman–Crippen MR) is 84.1 cm³/mol. The Hall–Kier alpha value is -1.63. The van der Waals surface area contributed by atoms with E-state index in [0.717, 1.165) is 28.1 Å². The first kappa shape index (κ1) is 15.8. The van der Waals surface area contributed by atoms with Crippen molar-refractivity contribution in [2.24, 2.45) is 7.05 Å². The average molecular weight is 354 g/mol. The Balaban J connectivity index is 2.21. The maximum absolute atomic E-state index is 12.6. The molecule has 0 unspecified atom stereocenters. The largest absolute Gasteiger partial charge is 0.336 e. The van der Waals surface area contributed by atoms with Crippen molar-refractivity contribution in [1.82, 2.24) is 24.5 Å². The second kappa shape index (κ2) is 6.01. The lowest BCUT2D eigenvalue weighted by Crippen LogP contribution is -2.27. The number of nitrogens with zero attached hydrogens (tertiary/aromatic N) is 5. The Morgan fingerprint density at radius 2 is 2.05 bits per heavy atom. The number of carbonyl (C=O) groups is 1. The van der Waals surface area contributed by atoms with Gasteiger partial charge in [-0.2, -0.15) is 10.2 Å². The van der Waals surface area contributed by atoms with Gasteiger partial charge in [0.15, 0.2) is 0 Å². The second-order valence-electron chi connectivity index (χ2n) is 5.11. The molecule has 2 aromatic rings. The molecule has 1 amide bonds. The molecular weight excluding hydrogens is 334 g/mol. The van der Waals surface area contributed by atoms with Gasteiger partial charge in [0.05, 0.1) is 28.0 Å². The molecule has 0 aliphatic rings. The normalized spacial score (nSPS) is 11.0. The highest BCUT2D eigenvalue weighted by atomic mass is 79.9. The molecule has 0 saturated heterocycles. The van der Waals surface area contributed by atoms with Crippen LogP contribution in [0, 0.1) is 13.8 Å². The Morgan fingerprint density at radius 1 is 1.38 bits per heavy atom. The van der Waals surface area contributed by atoms with E-state index in [0.29, 0.717) is 12.1 Å². The maximum atomic E-state index is 12.6. The van der Waals surface area contributed by atoms with Crippen LogP contribution in [0.25, 0.3) is 0 Å². The molecule has 0 aromatic carbocycles. The molecule has 6 nitrogen and oxygen atoms in total. The third kappa shape index (κ3) is 3.02. The minimum Gasteiger partial charge on any atom is -0.336 e. The molecule has 2 aromatic heterocycles. The minimum absolute atomic E-state index is 0.0314. The number of aryl methyl sites for hydroxylation is 3. The van der Waals surface area contributed by atoms with Crippen molar-refractivity contribution in [3.05, 3.63) is 33.3 Å². The fourth-order valence-electron chi connectivity index (χ4n) is 2.28. The molecule has 0 saturated carbocycles. The van der Waals surface area contributed by atoms with Gasteiger partial charge in [-0.05, 0) is 36.7 Å². The fraction of sp³-hybridized carbons (Fsp3) is 0.500. The molecule has 0 N–H and O–H groups in total. The van der Waals surface area contributed by atoms with Crippen LogP contribution >= 0.6 is 15.9 Å². The molecule has 21 heavy (non-hydrogen) atoms. The summed E-state index contributed by atoms with van der Waals surface area (Å²) in [6.45, 7) is 7.05. The molecule has 0 aliphatic carbocycles. The van der Waals surface area contributed by atoms with E-state index in [1.165, 1.54) is 0 Å². The van der Waals surface area contributed by atoms with Gasteiger partial charge in [-0.25, -0.2) is 0 Å². The van der Waals surface area contributed by atoms with Crippen LogP contribution < -0.4 is 0 Å². The van der Waals surface area contributed by atoms with Crippen LogP contribution in [0.2, 0.25) is 0 Å². The van der Waals surface area contributed by atoms with Crippen LogP contribution in [-0.4, -0.2) is 37.4 Å². The molecule has 0 aliphatic heterocycles. The Labute approximate surface area is 132 Å². The Bertz CT molecular complexity index is 673. The minimum atomic E-state index is -0.0314. The van der Waals surface area contributed by atoms with E-state index in [1.54, 1.807) is 16.6 Å². The van der Waals surface area contributed by atoms with Crippen LogP contribution in [-0.2, 0) is 20.1 Å². The van der Waals surface area contributed by atoms with Gasteiger partial charge in [0, 0.05) is 32.5 Å². The van der Waals surface area contributed by atoms with Gasteiger partial charge in [-0.15, -0.1) is 0 Å². The first-order chi connectivity index (χ1) is 9.85. The molecule has 0 radical (unpaired) electrons. The first-order valence-electron chi connectivity index (χ1n) is 6.82. The third-order valence-corrected chi connectivity index (χ3v) is 4.23. The number of aromatic nitrogens is 4. The summed E-state index contributed by atoms with van der Waals surface area (Å²) in [5.74, 6) is -0.0314. The predicted octanol–water partition coefficient (Wildman–Crippen LogP) is 2.29. The van der Waals surface area contributed by atoms with Gasteiger partial charge < -0.3 is 4.90 Å². The first-order valence-corrected chi connectivity index (χ1v) is 7.61. The van der Waals surface area contributed by atoms with Crippen molar-refractivity contribution in [2.45, 2.75) is 33.9 Å².